The number of carboxylic acids is 1. The summed E-state index contributed by atoms with van der Waals surface area (Å²) in [4.78, 5) is 24.1. The molecule has 4 heteroatoms. The molecule has 5 aliphatic rings. The maximum Gasteiger partial charge on any atom is 0.309 e. The summed E-state index contributed by atoms with van der Waals surface area (Å²) in [7, 11) is 0. The Morgan fingerprint density at radius 1 is 1.15 bits per heavy atom. The number of carboxylic acid groups (broad SMARTS) is 1. The van der Waals surface area contributed by atoms with E-state index < -0.39 is 11.4 Å². The molecule has 1 spiro atoms. The predicted octanol–water partition coefficient (Wildman–Crippen LogP) is 4.58. The van der Waals surface area contributed by atoms with Gasteiger partial charge >= 0.3 is 11.9 Å². The summed E-state index contributed by atoms with van der Waals surface area (Å²) in [5, 5.41) is 10.0. The van der Waals surface area contributed by atoms with E-state index in [1.807, 2.05) is 6.92 Å². The Kier molecular flexibility index (Phi) is 3.88. The van der Waals surface area contributed by atoms with Crippen molar-refractivity contribution in [3.05, 3.63) is 12.2 Å². The zero-order valence-electron chi connectivity index (χ0n) is 16.3. The molecular weight excluding hydrogens is 328 g/mol. The quantitative estimate of drug-likeness (QED) is 0.578. The van der Waals surface area contributed by atoms with Gasteiger partial charge in [0.15, 0.2) is 0 Å². The molecule has 7 atom stereocenters. The second-order valence-electron chi connectivity index (χ2n) is 10.1. The molecule has 0 unspecified atom stereocenters. The molecule has 0 heterocycles. The predicted molar refractivity (Wildman–Crippen MR) is 98.4 cm³/mol. The van der Waals surface area contributed by atoms with E-state index in [0.717, 1.165) is 44.9 Å². The highest BCUT2D eigenvalue weighted by molar-refractivity contribution is 5.75. The number of hydrogen-bond donors (Lipinski definition) is 1. The molecule has 5 fully saturated rings. The van der Waals surface area contributed by atoms with Crippen molar-refractivity contribution < 1.29 is 19.4 Å². The Bertz CT molecular complexity index is 669. The van der Waals surface area contributed by atoms with Gasteiger partial charge in [0.25, 0.3) is 0 Å². The summed E-state index contributed by atoms with van der Waals surface area (Å²) >= 11 is 0. The second kappa shape index (κ2) is 5.59. The lowest BCUT2D eigenvalue weighted by Gasteiger charge is -2.69. The third kappa shape index (κ3) is 2.20. The number of ether oxygens (including phenoxy) is 1. The molecule has 4 nitrogen and oxygen atoms in total. The molecule has 26 heavy (non-hydrogen) atoms. The fourth-order valence-corrected chi connectivity index (χ4v) is 7.97. The third-order valence-corrected chi connectivity index (χ3v) is 8.85. The van der Waals surface area contributed by atoms with Crippen LogP contribution in [-0.2, 0) is 14.3 Å². The maximum atomic E-state index is 12.2. The Hall–Kier alpha value is -1.32. The molecule has 5 saturated carbocycles. The van der Waals surface area contributed by atoms with Crippen LogP contribution in [0.4, 0.5) is 0 Å². The van der Waals surface area contributed by atoms with Crippen LogP contribution in [0.1, 0.15) is 72.1 Å². The minimum Gasteiger partial charge on any atom is -0.481 e. The summed E-state index contributed by atoms with van der Waals surface area (Å²) < 4.78 is 5.96. The van der Waals surface area contributed by atoms with Crippen LogP contribution in [0.25, 0.3) is 0 Å². The van der Waals surface area contributed by atoms with Crippen LogP contribution < -0.4 is 0 Å². The Balaban J connectivity index is 1.81. The van der Waals surface area contributed by atoms with Gasteiger partial charge in [0.1, 0.15) is 6.10 Å². The number of esters is 1. The summed E-state index contributed by atoms with van der Waals surface area (Å²) in [6.07, 6.45) is 7.92. The van der Waals surface area contributed by atoms with E-state index in [9.17, 15) is 14.7 Å². The Labute approximate surface area is 156 Å². The summed E-state index contributed by atoms with van der Waals surface area (Å²) in [5.41, 5.74) is 0.651. The SMILES string of the molecule is C=C1C[C@]23CC[C@H]1[C@@H](OC(C)=O)[C@H]2[C@]1(C)CCC[C@@](C)(C(=O)O)[C@H]1CC3. The maximum absolute atomic E-state index is 12.2. The first-order valence-corrected chi connectivity index (χ1v) is 10.2. The number of rotatable bonds is 2. The molecule has 0 aromatic rings. The standard InChI is InChI=1S/C22H32O4/c1-13-12-22-10-6-15(13)17(26-14(2)23)18(22)20(3)8-5-9-21(4,19(24)25)16(20)7-11-22/h15-18H,1,5-12H2,2-4H3,(H,24,25)/t15-,16+,17-,18+,20-,21-,22-/m1/s1. The lowest BCUT2D eigenvalue weighted by molar-refractivity contribution is -0.229. The van der Waals surface area contributed by atoms with Crippen LogP contribution in [0.5, 0.6) is 0 Å². The van der Waals surface area contributed by atoms with E-state index in [0.29, 0.717) is 0 Å². The van der Waals surface area contributed by atoms with E-state index >= 15 is 0 Å². The molecular formula is C22H32O4. The van der Waals surface area contributed by atoms with E-state index in [4.69, 9.17) is 4.74 Å². The van der Waals surface area contributed by atoms with Crippen LogP contribution in [0.2, 0.25) is 0 Å². The van der Waals surface area contributed by atoms with E-state index in [-0.39, 0.29) is 40.7 Å². The molecule has 0 radical (unpaired) electrons. The normalized spacial score (nSPS) is 49.9. The van der Waals surface area contributed by atoms with Gasteiger partial charge in [0, 0.05) is 18.8 Å². The second-order valence-corrected chi connectivity index (χ2v) is 10.1. The number of fused-ring (bicyclic) bond motifs is 3. The van der Waals surface area contributed by atoms with Crippen molar-refractivity contribution in [2.24, 2.45) is 34.0 Å². The highest BCUT2D eigenvalue weighted by atomic mass is 16.5. The molecule has 5 aliphatic carbocycles. The first-order chi connectivity index (χ1) is 12.1. The fourth-order valence-electron chi connectivity index (χ4n) is 7.97. The third-order valence-electron chi connectivity index (χ3n) is 8.85. The molecule has 144 valence electrons. The van der Waals surface area contributed by atoms with Crippen LogP contribution in [0.15, 0.2) is 12.2 Å². The van der Waals surface area contributed by atoms with Gasteiger partial charge in [0.2, 0.25) is 0 Å². The minimum atomic E-state index is -0.664. The zero-order valence-corrected chi connectivity index (χ0v) is 16.3. The lowest BCUT2D eigenvalue weighted by atomic mass is 9.36. The van der Waals surface area contributed by atoms with Gasteiger partial charge in [-0.2, -0.15) is 0 Å². The van der Waals surface area contributed by atoms with Crippen molar-refractivity contribution >= 4 is 11.9 Å². The van der Waals surface area contributed by atoms with Crippen molar-refractivity contribution in [3.63, 3.8) is 0 Å². The summed E-state index contributed by atoms with van der Waals surface area (Å²) in [5.74, 6) is -0.199. The Morgan fingerprint density at radius 3 is 2.46 bits per heavy atom. The van der Waals surface area contributed by atoms with E-state index in [2.05, 4.69) is 13.5 Å². The molecule has 2 bridgehead atoms. The van der Waals surface area contributed by atoms with Crippen LogP contribution in [0, 0.1) is 34.0 Å². The number of hydrogen-bond acceptors (Lipinski definition) is 3. The molecule has 0 aliphatic heterocycles. The average molecular weight is 360 g/mol. The average Bonchev–Trinajstić information content (AvgIpc) is 2.53. The highest BCUT2D eigenvalue weighted by Crippen LogP contribution is 2.72. The number of carbonyl (C=O) groups is 2. The first-order valence-electron chi connectivity index (χ1n) is 10.2. The van der Waals surface area contributed by atoms with Crippen molar-refractivity contribution in [1.29, 1.82) is 0 Å². The molecule has 0 aromatic carbocycles. The van der Waals surface area contributed by atoms with Gasteiger partial charge in [-0.15, -0.1) is 0 Å². The van der Waals surface area contributed by atoms with Gasteiger partial charge in [-0.25, -0.2) is 0 Å². The van der Waals surface area contributed by atoms with Gasteiger partial charge in [-0.1, -0.05) is 25.5 Å². The van der Waals surface area contributed by atoms with Crippen molar-refractivity contribution in [3.8, 4) is 0 Å². The number of carbonyl (C=O) groups excluding carboxylic acids is 1. The zero-order chi connectivity index (χ0) is 18.9. The molecule has 0 amide bonds. The van der Waals surface area contributed by atoms with E-state index in [1.54, 1.807) is 0 Å². The largest absolute Gasteiger partial charge is 0.481 e. The lowest BCUT2D eigenvalue weighted by Crippen LogP contribution is -2.66. The van der Waals surface area contributed by atoms with Crippen LogP contribution in [-0.4, -0.2) is 23.1 Å². The molecule has 5 rings (SSSR count). The first kappa shape index (κ1) is 18.1. The topological polar surface area (TPSA) is 63.6 Å². The van der Waals surface area contributed by atoms with Gasteiger partial charge in [-0.3, -0.25) is 9.59 Å². The van der Waals surface area contributed by atoms with Gasteiger partial charge in [-0.05, 0) is 68.6 Å². The van der Waals surface area contributed by atoms with Crippen LogP contribution >= 0.6 is 0 Å². The summed E-state index contributed by atoms with van der Waals surface area (Å²) in [6, 6.07) is 0. The molecule has 0 aromatic heterocycles. The van der Waals surface area contributed by atoms with E-state index in [1.165, 1.54) is 18.9 Å². The summed E-state index contributed by atoms with van der Waals surface area (Å²) in [6.45, 7) is 10.1. The van der Waals surface area contributed by atoms with Crippen molar-refractivity contribution in [2.45, 2.75) is 78.2 Å². The van der Waals surface area contributed by atoms with Gasteiger partial charge in [0.05, 0.1) is 5.41 Å². The minimum absolute atomic E-state index is 0.0802. The number of aliphatic carboxylic acids is 1. The fraction of sp³-hybridized carbons (Fsp3) is 0.818. The van der Waals surface area contributed by atoms with Crippen LogP contribution in [0.3, 0.4) is 0 Å². The van der Waals surface area contributed by atoms with Gasteiger partial charge < -0.3 is 9.84 Å². The Morgan fingerprint density at radius 2 is 1.85 bits per heavy atom. The smallest absolute Gasteiger partial charge is 0.309 e. The highest BCUT2D eigenvalue weighted by Gasteiger charge is 2.68. The van der Waals surface area contributed by atoms with Crippen molar-refractivity contribution in [1.82, 2.24) is 0 Å². The molecule has 1 N–H and O–H groups in total. The monoisotopic (exact) mass is 360 g/mol. The molecule has 0 saturated heterocycles. The van der Waals surface area contributed by atoms with Crippen molar-refractivity contribution in [2.75, 3.05) is 0 Å².